The first-order chi connectivity index (χ1) is 8.81. The standard InChI is InChI=1S/C14H16N2O2/c1-17-13-5-4-10(6-11(13)7-15)12-8-18-14(16-12)9-2-3-9/h4-6,8-9H,2-3,7,15H2,1H3. The Kier molecular flexibility index (Phi) is 2.80. The molecule has 0 spiro atoms. The number of rotatable bonds is 4. The van der Waals surface area contributed by atoms with Crippen molar-refractivity contribution in [2.24, 2.45) is 5.73 Å². The number of benzene rings is 1. The zero-order valence-electron chi connectivity index (χ0n) is 10.3. The Hall–Kier alpha value is -1.81. The molecular formula is C14H16N2O2. The van der Waals surface area contributed by atoms with Gasteiger partial charge in [0.15, 0.2) is 5.89 Å². The largest absolute Gasteiger partial charge is 0.496 e. The third-order valence-corrected chi connectivity index (χ3v) is 3.24. The lowest BCUT2D eigenvalue weighted by molar-refractivity contribution is 0.410. The molecule has 3 rings (SSSR count). The topological polar surface area (TPSA) is 61.3 Å². The van der Waals surface area contributed by atoms with Gasteiger partial charge in [0.2, 0.25) is 0 Å². The summed E-state index contributed by atoms with van der Waals surface area (Å²) < 4.78 is 10.8. The van der Waals surface area contributed by atoms with Gasteiger partial charge in [0, 0.05) is 23.6 Å². The maximum Gasteiger partial charge on any atom is 0.197 e. The van der Waals surface area contributed by atoms with Crippen LogP contribution in [0.2, 0.25) is 0 Å². The molecule has 2 aromatic rings. The lowest BCUT2D eigenvalue weighted by Gasteiger charge is -2.07. The highest BCUT2D eigenvalue weighted by atomic mass is 16.5. The van der Waals surface area contributed by atoms with Crippen LogP contribution in [0.5, 0.6) is 5.75 Å². The molecule has 0 atom stereocenters. The van der Waals surface area contributed by atoms with E-state index in [1.54, 1.807) is 13.4 Å². The molecule has 0 unspecified atom stereocenters. The van der Waals surface area contributed by atoms with Crippen molar-refractivity contribution in [2.75, 3.05) is 7.11 Å². The molecule has 0 aliphatic heterocycles. The van der Waals surface area contributed by atoms with E-state index in [0.29, 0.717) is 12.5 Å². The fraction of sp³-hybridized carbons (Fsp3) is 0.357. The van der Waals surface area contributed by atoms with E-state index in [9.17, 15) is 0 Å². The van der Waals surface area contributed by atoms with Gasteiger partial charge >= 0.3 is 0 Å². The molecule has 1 aliphatic carbocycles. The molecule has 4 nitrogen and oxygen atoms in total. The molecule has 1 fully saturated rings. The van der Waals surface area contributed by atoms with Gasteiger partial charge < -0.3 is 14.9 Å². The quantitative estimate of drug-likeness (QED) is 0.898. The number of nitrogens with two attached hydrogens (primary N) is 1. The first kappa shape index (κ1) is 11.3. The summed E-state index contributed by atoms with van der Waals surface area (Å²) in [5.41, 5.74) is 8.58. The molecule has 1 aromatic heterocycles. The predicted molar refractivity (Wildman–Crippen MR) is 68.4 cm³/mol. The van der Waals surface area contributed by atoms with Gasteiger partial charge in [-0.25, -0.2) is 4.98 Å². The van der Waals surface area contributed by atoms with Crippen molar-refractivity contribution in [3.8, 4) is 17.0 Å². The molecule has 1 saturated carbocycles. The molecule has 0 saturated heterocycles. The molecule has 1 aliphatic rings. The molecule has 1 aromatic carbocycles. The summed E-state index contributed by atoms with van der Waals surface area (Å²) in [5, 5.41) is 0. The Bertz CT molecular complexity index is 559. The molecule has 94 valence electrons. The van der Waals surface area contributed by atoms with Crippen LogP contribution in [-0.2, 0) is 6.54 Å². The van der Waals surface area contributed by atoms with Gasteiger partial charge in [0.05, 0.1) is 7.11 Å². The van der Waals surface area contributed by atoms with Crippen LogP contribution in [-0.4, -0.2) is 12.1 Å². The van der Waals surface area contributed by atoms with Crippen molar-refractivity contribution >= 4 is 0 Å². The van der Waals surface area contributed by atoms with E-state index in [4.69, 9.17) is 14.9 Å². The van der Waals surface area contributed by atoms with Crippen molar-refractivity contribution in [1.29, 1.82) is 0 Å². The van der Waals surface area contributed by atoms with Crippen molar-refractivity contribution in [3.63, 3.8) is 0 Å². The summed E-state index contributed by atoms with van der Waals surface area (Å²) in [6.07, 6.45) is 4.10. The van der Waals surface area contributed by atoms with Crippen LogP contribution >= 0.6 is 0 Å². The fourth-order valence-electron chi connectivity index (χ4n) is 2.04. The molecule has 0 bridgehead atoms. The molecular weight excluding hydrogens is 228 g/mol. The van der Waals surface area contributed by atoms with Crippen LogP contribution in [0.15, 0.2) is 28.9 Å². The molecule has 1 heterocycles. The van der Waals surface area contributed by atoms with Crippen LogP contribution in [0.4, 0.5) is 0 Å². The third-order valence-electron chi connectivity index (χ3n) is 3.24. The number of hydrogen-bond acceptors (Lipinski definition) is 4. The van der Waals surface area contributed by atoms with E-state index in [1.165, 1.54) is 12.8 Å². The van der Waals surface area contributed by atoms with Crippen LogP contribution in [0.3, 0.4) is 0 Å². The average Bonchev–Trinajstić information content (AvgIpc) is 3.16. The zero-order chi connectivity index (χ0) is 12.5. The minimum absolute atomic E-state index is 0.449. The summed E-state index contributed by atoms with van der Waals surface area (Å²) in [6.45, 7) is 0.449. The first-order valence-electron chi connectivity index (χ1n) is 6.14. The molecule has 0 amide bonds. The Morgan fingerprint density at radius 2 is 2.28 bits per heavy atom. The van der Waals surface area contributed by atoms with Gasteiger partial charge in [-0.05, 0) is 31.0 Å². The summed E-state index contributed by atoms with van der Waals surface area (Å²) >= 11 is 0. The fourth-order valence-corrected chi connectivity index (χ4v) is 2.04. The Labute approximate surface area is 106 Å². The van der Waals surface area contributed by atoms with E-state index < -0.39 is 0 Å². The van der Waals surface area contributed by atoms with Gasteiger partial charge in [-0.3, -0.25) is 0 Å². The predicted octanol–water partition coefficient (Wildman–Crippen LogP) is 2.69. The van der Waals surface area contributed by atoms with Gasteiger partial charge in [-0.2, -0.15) is 0 Å². The molecule has 18 heavy (non-hydrogen) atoms. The number of methoxy groups -OCH3 is 1. The number of oxazole rings is 1. The van der Waals surface area contributed by atoms with Crippen molar-refractivity contribution in [2.45, 2.75) is 25.3 Å². The van der Waals surface area contributed by atoms with Crippen LogP contribution in [0, 0.1) is 0 Å². The van der Waals surface area contributed by atoms with E-state index in [2.05, 4.69) is 4.98 Å². The first-order valence-corrected chi connectivity index (χ1v) is 6.14. The molecule has 4 heteroatoms. The second-order valence-corrected chi connectivity index (χ2v) is 4.58. The van der Waals surface area contributed by atoms with Crippen molar-refractivity contribution in [1.82, 2.24) is 4.98 Å². The lowest BCUT2D eigenvalue weighted by atomic mass is 10.1. The highest BCUT2D eigenvalue weighted by Gasteiger charge is 2.28. The molecule has 0 radical (unpaired) electrons. The van der Waals surface area contributed by atoms with E-state index in [-0.39, 0.29) is 0 Å². The highest BCUT2D eigenvalue weighted by molar-refractivity contribution is 5.61. The summed E-state index contributed by atoms with van der Waals surface area (Å²) in [5.74, 6) is 2.20. The number of ether oxygens (including phenoxy) is 1. The minimum atomic E-state index is 0.449. The number of aromatic nitrogens is 1. The number of nitrogens with zero attached hydrogens (tertiary/aromatic N) is 1. The zero-order valence-corrected chi connectivity index (χ0v) is 10.3. The number of hydrogen-bond donors (Lipinski definition) is 1. The van der Waals surface area contributed by atoms with Gasteiger partial charge in [-0.1, -0.05) is 0 Å². The Balaban J connectivity index is 1.94. The van der Waals surface area contributed by atoms with Crippen LogP contribution in [0.1, 0.15) is 30.2 Å². The van der Waals surface area contributed by atoms with Crippen molar-refractivity contribution in [3.05, 3.63) is 35.9 Å². The Morgan fingerprint density at radius 3 is 2.94 bits per heavy atom. The average molecular weight is 244 g/mol. The summed E-state index contributed by atoms with van der Waals surface area (Å²) in [4.78, 5) is 4.53. The van der Waals surface area contributed by atoms with Crippen LogP contribution < -0.4 is 10.5 Å². The van der Waals surface area contributed by atoms with E-state index >= 15 is 0 Å². The van der Waals surface area contributed by atoms with Gasteiger partial charge in [0.1, 0.15) is 17.7 Å². The lowest BCUT2D eigenvalue weighted by Crippen LogP contribution is -2.00. The Morgan fingerprint density at radius 1 is 1.44 bits per heavy atom. The van der Waals surface area contributed by atoms with E-state index in [0.717, 1.165) is 28.5 Å². The maximum atomic E-state index is 5.71. The highest BCUT2D eigenvalue weighted by Crippen LogP contribution is 2.40. The van der Waals surface area contributed by atoms with Gasteiger partial charge in [0.25, 0.3) is 0 Å². The normalized spacial score (nSPS) is 14.8. The summed E-state index contributed by atoms with van der Waals surface area (Å²) in [7, 11) is 1.65. The SMILES string of the molecule is COc1ccc(-c2coc(C3CC3)n2)cc1CN. The van der Waals surface area contributed by atoms with E-state index in [1.807, 2.05) is 18.2 Å². The minimum Gasteiger partial charge on any atom is -0.496 e. The third kappa shape index (κ3) is 1.99. The second-order valence-electron chi connectivity index (χ2n) is 4.58. The van der Waals surface area contributed by atoms with Crippen molar-refractivity contribution < 1.29 is 9.15 Å². The summed E-state index contributed by atoms with van der Waals surface area (Å²) in [6, 6.07) is 5.91. The monoisotopic (exact) mass is 244 g/mol. The van der Waals surface area contributed by atoms with Crippen LogP contribution in [0.25, 0.3) is 11.3 Å². The maximum absolute atomic E-state index is 5.71. The smallest absolute Gasteiger partial charge is 0.197 e. The van der Waals surface area contributed by atoms with Gasteiger partial charge in [-0.15, -0.1) is 0 Å². The molecule has 2 N–H and O–H groups in total. The second kappa shape index (κ2) is 4.46.